The summed E-state index contributed by atoms with van der Waals surface area (Å²) >= 11 is 3.47. The standard InChI is InChI=1S/C24H28N.C17H19Br.BrH/c1-20-17-21(2)19-25(18-20)16-8-4-5-9-22-12-14-24(15-13-22)23-10-6-3-7-11-23;18-14-6-2-3-7-15-10-12-17(13-11-15)16-8-4-1-5-9-16;/h3,6-7,10-15,17-19H,4-5,8-9,16H2,1-2H3;1,4-5,8-13H,2-3,6-7,14H2;1H/q+1;;/p-1. The lowest BCUT2D eigenvalue weighted by Gasteiger charge is -2.05. The van der Waals surface area contributed by atoms with Crippen LogP contribution in [0.2, 0.25) is 0 Å². The predicted molar refractivity (Wildman–Crippen MR) is 189 cm³/mol. The number of alkyl halides is 1. The maximum absolute atomic E-state index is 3.47. The number of unbranched alkanes of at least 4 members (excludes halogenated alkanes) is 4. The lowest BCUT2D eigenvalue weighted by atomic mass is 10.0. The highest BCUT2D eigenvalue weighted by Crippen LogP contribution is 2.21. The van der Waals surface area contributed by atoms with Crippen LogP contribution in [0.3, 0.4) is 0 Å². The Morgan fingerprint density at radius 2 is 0.886 bits per heavy atom. The summed E-state index contributed by atoms with van der Waals surface area (Å²) in [6, 6.07) is 41.4. The molecule has 0 N–H and O–H groups in total. The Kier molecular flexibility index (Phi) is 16.2. The van der Waals surface area contributed by atoms with E-state index < -0.39 is 0 Å². The predicted octanol–water partition coefficient (Wildman–Crippen LogP) is 8.14. The number of hydrogen-bond donors (Lipinski definition) is 0. The summed E-state index contributed by atoms with van der Waals surface area (Å²) in [6.45, 7) is 5.46. The summed E-state index contributed by atoms with van der Waals surface area (Å²) in [7, 11) is 0. The molecule has 0 unspecified atom stereocenters. The van der Waals surface area contributed by atoms with Gasteiger partial charge in [0.2, 0.25) is 0 Å². The molecule has 1 aromatic heterocycles. The van der Waals surface area contributed by atoms with Crippen molar-refractivity contribution >= 4 is 15.9 Å². The molecular formula is C41H47Br2N. The monoisotopic (exact) mass is 711 g/mol. The molecule has 0 amide bonds. The van der Waals surface area contributed by atoms with Gasteiger partial charge in [0.05, 0.1) is 0 Å². The number of nitrogens with zero attached hydrogens (tertiary/aromatic N) is 1. The van der Waals surface area contributed by atoms with Crippen molar-refractivity contribution in [3.63, 3.8) is 0 Å². The van der Waals surface area contributed by atoms with Crippen LogP contribution in [-0.4, -0.2) is 5.33 Å². The van der Waals surface area contributed by atoms with E-state index in [2.05, 4.69) is 162 Å². The van der Waals surface area contributed by atoms with Crippen molar-refractivity contribution in [2.75, 3.05) is 5.33 Å². The molecule has 4 aromatic carbocycles. The van der Waals surface area contributed by atoms with Crippen molar-refractivity contribution in [1.29, 1.82) is 0 Å². The summed E-state index contributed by atoms with van der Waals surface area (Å²) in [6.07, 6.45) is 14.5. The van der Waals surface area contributed by atoms with E-state index >= 15 is 0 Å². The van der Waals surface area contributed by atoms with Gasteiger partial charge < -0.3 is 17.0 Å². The van der Waals surface area contributed by atoms with Crippen LogP contribution >= 0.6 is 15.9 Å². The van der Waals surface area contributed by atoms with Gasteiger partial charge in [-0.05, 0) is 91.8 Å². The van der Waals surface area contributed by atoms with E-state index in [0.29, 0.717) is 0 Å². The molecule has 0 atom stereocenters. The van der Waals surface area contributed by atoms with Crippen LogP contribution in [0, 0.1) is 13.8 Å². The third-order valence-electron chi connectivity index (χ3n) is 7.80. The lowest BCUT2D eigenvalue weighted by Crippen LogP contribution is -3.00. The van der Waals surface area contributed by atoms with Crippen LogP contribution in [0.4, 0.5) is 0 Å². The normalized spacial score (nSPS) is 10.4. The molecular weight excluding hydrogens is 666 g/mol. The molecule has 1 nitrogen and oxygen atoms in total. The molecule has 0 fully saturated rings. The fourth-order valence-electron chi connectivity index (χ4n) is 5.51. The number of halogens is 2. The maximum Gasteiger partial charge on any atom is 0.171 e. The minimum absolute atomic E-state index is 0. The van der Waals surface area contributed by atoms with E-state index in [-0.39, 0.29) is 17.0 Å². The second-order valence-electron chi connectivity index (χ2n) is 11.6. The first kappa shape index (κ1) is 35.5. The fourth-order valence-corrected chi connectivity index (χ4v) is 5.91. The largest absolute Gasteiger partial charge is 1.00 e. The zero-order valence-corrected chi connectivity index (χ0v) is 29.6. The summed E-state index contributed by atoms with van der Waals surface area (Å²) < 4.78 is 2.33. The lowest BCUT2D eigenvalue weighted by molar-refractivity contribution is -0.698. The molecule has 0 aliphatic rings. The van der Waals surface area contributed by atoms with Crippen molar-refractivity contribution in [3.05, 3.63) is 150 Å². The average Bonchev–Trinajstić information content (AvgIpc) is 3.04. The smallest absolute Gasteiger partial charge is 0.171 e. The molecule has 44 heavy (non-hydrogen) atoms. The van der Waals surface area contributed by atoms with E-state index in [4.69, 9.17) is 0 Å². The van der Waals surface area contributed by atoms with Crippen molar-refractivity contribution in [2.45, 2.75) is 71.8 Å². The summed E-state index contributed by atoms with van der Waals surface area (Å²) in [5.74, 6) is 0. The first-order valence-electron chi connectivity index (χ1n) is 15.9. The molecule has 5 aromatic rings. The number of hydrogen-bond acceptors (Lipinski definition) is 0. The number of aromatic nitrogens is 1. The van der Waals surface area contributed by atoms with Crippen LogP contribution in [-0.2, 0) is 19.4 Å². The highest BCUT2D eigenvalue weighted by Gasteiger charge is 2.04. The van der Waals surface area contributed by atoms with Crippen LogP contribution < -0.4 is 21.5 Å². The highest BCUT2D eigenvalue weighted by molar-refractivity contribution is 9.09. The molecule has 5 rings (SSSR count). The van der Waals surface area contributed by atoms with E-state index in [1.165, 1.54) is 95.9 Å². The van der Waals surface area contributed by atoms with Gasteiger partial charge in [-0.25, -0.2) is 4.57 Å². The molecule has 0 bridgehead atoms. The summed E-state index contributed by atoms with van der Waals surface area (Å²) in [5.41, 5.74) is 10.8. The average molecular weight is 714 g/mol. The van der Waals surface area contributed by atoms with Crippen LogP contribution in [0.1, 0.15) is 60.8 Å². The van der Waals surface area contributed by atoms with Gasteiger partial charge in [0.1, 0.15) is 6.54 Å². The van der Waals surface area contributed by atoms with Gasteiger partial charge in [0, 0.05) is 22.9 Å². The highest BCUT2D eigenvalue weighted by atomic mass is 79.9. The van der Waals surface area contributed by atoms with Crippen LogP contribution in [0.15, 0.2) is 128 Å². The second kappa shape index (κ2) is 20.1. The summed E-state index contributed by atoms with van der Waals surface area (Å²) in [5, 5.41) is 1.12. The Balaban J connectivity index is 0.000000247. The molecule has 1 heterocycles. The molecule has 0 aliphatic carbocycles. The van der Waals surface area contributed by atoms with Gasteiger partial charge in [0.15, 0.2) is 12.4 Å². The summed E-state index contributed by atoms with van der Waals surface area (Å²) in [4.78, 5) is 0. The molecule has 0 spiro atoms. The van der Waals surface area contributed by atoms with Crippen molar-refractivity contribution in [1.82, 2.24) is 0 Å². The Hall–Kier alpha value is -3.01. The first-order valence-corrected chi connectivity index (χ1v) is 17.0. The first-order chi connectivity index (χ1) is 21.1. The Labute approximate surface area is 285 Å². The van der Waals surface area contributed by atoms with Crippen molar-refractivity contribution in [3.8, 4) is 22.3 Å². The maximum atomic E-state index is 3.47. The van der Waals surface area contributed by atoms with E-state index in [1.54, 1.807) is 0 Å². The number of aryl methyl sites for hydroxylation is 5. The third kappa shape index (κ3) is 12.5. The van der Waals surface area contributed by atoms with Gasteiger partial charge in [-0.3, -0.25) is 0 Å². The molecule has 0 saturated carbocycles. The molecule has 0 radical (unpaired) electrons. The molecule has 3 heteroatoms. The topological polar surface area (TPSA) is 3.88 Å². The van der Waals surface area contributed by atoms with Crippen LogP contribution in [0.25, 0.3) is 22.3 Å². The van der Waals surface area contributed by atoms with Crippen LogP contribution in [0.5, 0.6) is 0 Å². The van der Waals surface area contributed by atoms with Gasteiger partial charge in [-0.15, -0.1) is 0 Å². The fraction of sp³-hybridized carbons (Fsp3) is 0.293. The Bertz CT molecular complexity index is 1440. The van der Waals surface area contributed by atoms with Crippen molar-refractivity contribution in [2.24, 2.45) is 0 Å². The zero-order chi connectivity index (χ0) is 30.1. The minimum atomic E-state index is 0. The molecule has 230 valence electrons. The molecule has 0 aliphatic heterocycles. The second-order valence-corrected chi connectivity index (χ2v) is 12.4. The van der Waals surface area contributed by atoms with Gasteiger partial charge in [0.25, 0.3) is 0 Å². The quantitative estimate of drug-likeness (QED) is 0.0660. The van der Waals surface area contributed by atoms with E-state index in [0.717, 1.165) is 11.9 Å². The zero-order valence-electron chi connectivity index (χ0n) is 26.4. The van der Waals surface area contributed by atoms with Crippen molar-refractivity contribution < 1.29 is 21.5 Å². The molecule has 0 saturated heterocycles. The third-order valence-corrected chi connectivity index (χ3v) is 8.36. The Morgan fingerprint density at radius 3 is 1.32 bits per heavy atom. The van der Waals surface area contributed by atoms with Gasteiger partial charge in [-0.1, -0.05) is 132 Å². The number of pyridine rings is 1. The number of benzene rings is 4. The van der Waals surface area contributed by atoms with E-state index in [1.807, 2.05) is 0 Å². The minimum Gasteiger partial charge on any atom is -1.00 e. The van der Waals surface area contributed by atoms with E-state index in [9.17, 15) is 0 Å². The number of rotatable bonds is 13. The SMILES string of the molecule is BrCCCCCc1ccc(-c2ccccc2)cc1.Cc1cc(C)c[n+](CCCCCc2ccc(-c3ccccc3)cc2)c1.[Br-]. The van der Waals surface area contributed by atoms with Gasteiger partial charge >= 0.3 is 0 Å². The van der Waals surface area contributed by atoms with Gasteiger partial charge in [-0.2, -0.15) is 0 Å². The Morgan fingerprint density at radius 1 is 0.477 bits per heavy atom.